The lowest BCUT2D eigenvalue weighted by Gasteiger charge is -2.06. The van der Waals surface area contributed by atoms with E-state index in [2.05, 4.69) is 11.9 Å². The molecule has 0 bridgehead atoms. The third-order valence-electron chi connectivity index (χ3n) is 2.84. The Kier molecular flexibility index (Phi) is 3.16. The Morgan fingerprint density at radius 2 is 2.00 bits per heavy atom. The summed E-state index contributed by atoms with van der Waals surface area (Å²) in [6, 6.07) is 11.3. The summed E-state index contributed by atoms with van der Waals surface area (Å²) in [5.74, 6) is 0.258. The predicted octanol–water partition coefficient (Wildman–Crippen LogP) is 2.06. The molecule has 18 heavy (non-hydrogen) atoms. The summed E-state index contributed by atoms with van der Waals surface area (Å²) in [6.07, 6.45) is 0.947. The van der Waals surface area contributed by atoms with Crippen molar-refractivity contribution in [3.63, 3.8) is 0 Å². The van der Waals surface area contributed by atoms with Crippen molar-refractivity contribution < 1.29 is 0 Å². The molecule has 1 aromatic carbocycles. The van der Waals surface area contributed by atoms with E-state index in [1.165, 1.54) is 5.56 Å². The van der Waals surface area contributed by atoms with Gasteiger partial charge in [-0.05, 0) is 23.6 Å². The first-order valence-corrected chi connectivity index (χ1v) is 5.68. The Hall–Kier alpha value is -2.54. The van der Waals surface area contributed by atoms with Crippen molar-refractivity contribution in [1.29, 1.82) is 5.26 Å². The number of hydrogen-bond acceptors (Lipinski definition) is 3. The number of aromatic nitrogens is 1. The highest BCUT2D eigenvalue weighted by molar-refractivity contribution is 5.72. The topological polar surface area (TPSA) is 82.7 Å². The van der Waals surface area contributed by atoms with Gasteiger partial charge in [0.1, 0.15) is 17.5 Å². The van der Waals surface area contributed by atoms with Crippen LogP contribution in [0, 0.1) is 11.3 Å². The van der Waals surface area contributed by atoms with E-state index < -0.39 is 5.56 Å². The third-order valence-corrected chi connectivity index (χ3v) is 2.84. The van der Waals surface area contributed by atoms with Crippen molar-refractivity contribution in [3.8, 4) is 17.2 Å². The minimum atomic E-state index is -0.452. The second kappa shape index (κ2) is 4.76. The first-order chi connectivity index (χ1) is 8.65. The monoisotopic (exact) mass is 239 g/mol. The van der Waals surface area contributed by atoms with Crippen LogP contribution in [0.2, 0.25) is 0 Å². The number of hydrogen-bond donors (Lipinski definition) is 2. The number of aryl methyl sites for hydroxylation is 1. The average Bonchev–Trinajstić information content (AvgIpc) is 2.38. The van der Waals surface area contributed by atoms with E-state index in [9.17, 15) is 4.79 Å². The van der Waals surface area contributed by atoms with Gasteiger partial charge in [0.25, 0.3) is 5.56 Å². The molecule has 4 heteroatoms. The zero-order valence-electron chi connectivity index (χ0n) is 10.0. The van der Waals surface area contributed by atoms with Crippen molar-refractivity contribution in [2.24, 2.45) is 0 Å². The lowest BCUT2D eigenvalue weighted by Crippen LogP contribution is -2.13. The van der Waals surface area contributed by atoms with Gasteiger partial charge in [-0.1, -0.05) is 31.2 Å². The molecule has 3 N–H and O–H groups in total. The standard InChI is InChI=1S/C14H13N3O/c1-2-9-3-5-10(6-4-9)11-7-13(16)17-14(18)12(11)8-15/h3-7H,2H2,1H3,(H3,16,17,18). The molecule has 1 heterocycles. The van der Waals surface area contributed by atoms with Crippen LogP contribution in [0.1, 0.15) is 18.1 Å². The SMILES string of the molecule is CCc1ccc(-c2cc(N)[nH]c(=O)c2C#N)cc1. The predicted molar refractivity (Wildman–Crippen MR) is 71.0 cm³/mol. The second-order valence-electron chi connectivity index (χ2n) is 4.00. The Morgan fingerprint density at radius 3 is 2.56 bits per heavy atom. The normalized spacial score (nSPS) is 10.0. The molecule has 0 amide bonds. The van der Waals surface area contributed by atoms with Gasteiger partial charge in [0, 0.05) is 5.56 Å². The number of nitrogens with zero attached hydrogens (tertiary/aromatic N) is 1. The van der Waals surface area contributed by atoms with Crippen molar-refractivity contribution >= 4 is 5.82 Å². The number of H-pyrrole nitrogens is 1. The molecule has 4 nitrogen and oxygen atoms in total. The van der Waals surface area contributed by atoms with E-state index in [0.29, 0.717) is 5.56 Å². The Bertz CT molecular complexity index is 663. The summed E-state index contributed by atoms with van der Waals surface area (Å²) in [5.41, 5.74) is 7.85. The molecule has 0 aliphatic rings. The lowest BCUT2D eigenvalue weighted by molar-refractivity contribution is 1.14. The fraction of sp³-hybridized carbons (Fsp3) is 0.143. The average molecular weight is 239 g/mol. The van der Waals surface area contributed by atoms with E-state index in [4.69, 9.17) is 11.0 Å². The molecule has 0 aliphatic heterocycles. The molecule has 90 valence electrons. The van der Waals surface area contributed by atoms with Crippen LogP contribution in [0.4, 0.5) is 5.82 Å². The molecule has 0 spiro atoms. The quantitative estimate of drug-likeness (QED) is 0.841. The van der Waals surface area contributed by atoms with Crippen molar-refractivity contribution in [2.45, 2.75) is 13.3 Å². The molecular weight excluding hydrogens is 226 g/mol. The first-order valence-electron chi connectivity index (χ1n) is 5.68. The Balaban J connectivity index is 2.63. The maximum absolute atomic E-state index is 11.6. The third kappa shape index (κ3) is 2.11. The van der Waals surface area contributed by atoms with Crippen LogP contribution in [0.15, 0.2) is 35.1 Å². The van der Waals surface area contributed by atoms with Crippen LogP contribution in [0.3, 0.4) is 0 Å². The van der Waals surface area contributed by atoms with Crippen molar-refractivity contribution in [3.05, 3.63) is 51.8 Å². The summed E-state index contributed by atoms with van der Waals surface area (Å²) >= 11 is 0. The second-order valence-corrected chi connectivity index (χ2v) is 4.00. The largest absolute Gasteiger partial charge is 0.385 e. The summed E-state index contributed by atoms with van der Waals surface area (Å²) in [6.45, 7) is 2.07. The molecular formula is C14H13N3O. The Labute approximate surface area is 105 Å². The summed E-state index contributed by atoms with van der Waals surface area (Å²) < 4.78 is 0. The van der Waals surface area contributed by atoms with Gasteiger partial charge in [-0.2, -0.15) is 5.26 Å². The molecule has 0 unspecified atom stereocenters. The highest BCUT2D eigenvalue weighted by atomic mass is 16.1. The molecule has 0 atom stereocenters. The lowest BCUT2D eigenvalue weighted by atomic mass is 10.00. The number of pyridine rings is 1. The van der Waals surface area contributed by atoms with E-state index in [1.54, 1.807) is 6.07 Å². The number of nitrogens with two attached hydrogens (primary N) is 1. The molecule has 0 radical (unpaired) electrons. The number of benzene rings is 1. The fourth-order valence-electron chi connectivity index (χ4n) is 1.84. The minimum Gasteiger partial charge on any atom is -0.385 e. The van der Waals surface area contributed by atoms with Gasteiger partial charge in [0.2, 0.25) is 0 Å². The van der Waals surface area contributed by atoms with Gasteiger partial charge in [-0.25, -0.2) is 0 Å². The summed E-state index contributed by atoms with van der Waals surface area (Å²) in [7, 11) is 0. The highest BCUT2D eigenvalue weighted by Gasteiger charge is 2.10. The maximum Gasteiger partial charge on any atom is 0.268 e. The van der Waals surface area contributed by atoms with Gasteiger partial charge in [-0.3, -0.25) is 4.79 Å². The van der Waals surface area contributed by atoms with Crippen LogP contribution in [-0.2, 0) is 6.42 Å². The van der Waals surface area contributed by atoms with Crippen LogP contribution >= 0.6 is 0 Å². The molecule has 1 aromatic heterocycles. The summed E-state index contributed by atoms with van der Waals surface area (Å²) in [4.78, 5) is 14.1. The smallest absolute Gasteiger partial charge is 0.268 e. The molecule has 0 saturated heterocycles. The van der Waals surface area contributed by atoms with Gasteiger partial charge >= 0.3 is 0 Å². The van der Waals surface area contributed by atoms with Gasteiger partial charge in [-0.15, -0.1) is 0 Å². The molecule has 0 aliphatic carbocycles. The number of rotatable bonds is 2. The first kappa shape index (κ1) is 11.9. The number of nitriles is 1. The minimum absolute atomic E-state index is 0.0912. The number of nitrogens with one attached hydrogen (secondary N) is 1. The van der Waals surface area contributed by atoms with Crippen LogP contribution in [0.25, 0.3) is 11.1 Å². The van der Waals surface area contributed by atoms with E-state index in [1.807, 2.05) is 30.3 Å². The van der Waals surface area contributed by atoms with E-state index >= 15 is 0 Å². The van der Waals surface area contributed by atoms with Crippen LogP contribution < -0.4 is 11.3 Å². The van der Waals surface area contributed by atoms with Gasteiger partial charge < -0.3 is 10.7 Å². The molecule has 2 aromatic rings. The Morgan fingerprint density at radius 1 is 1.33 bits per heavy atom. The zero-order valence-corrected chi connectivity index (χ0v) is 10.0. The van der Waals surface area contributed by atoms with Crippen LogP contribution in [-0.4, -0.2) is 4.98 Å². The van der Waals surface area contributed by atoms with Gasteiger partial charge in [0.05, 0.1) is 0 Å². The molecule has 0 fully saturated rings. The highest BCUT2D eigenvalue weighted by Crippen LogP contribution is 2.23. The van der Waals surface area contributed by atoms with E-state index in [-0.39, 0.29) is 11.4 Å². The van der Waals surface area contributed by atoms with Crippen molar-refractivity contribution in [1.82, 2.24) is 4.98 Å². The van der Waals surface area contributed by atoms with E-state index in [0.717, 1.165) is 12.0 Å². The maximum atomic E-state index is 11.6. The number of aromatic amines is 1. The molecule has 0 saturated carbocycles. The zero-order chi connectivity index (χ0) is 13.1. The molecule has 2 rings (SSSR count). The number of anilines is 1. The van der Waals surface area contributed by atoms with Crippen LogP contribution in [0.5, 0.6) is 0 Å². The van der Waals surface area contributed by atoms with Gasteiger partial charge in [0.15, 0.2) is 0 Å². The number of nitrogen functional groups attached to an aromatic ring is 1. The summed E-state index contributed by atoms with van der Waals surface area (Å²) in [5, 5.41) is 9.04. The van der Waals surface area contributed by atoms with Crippen molar-refractivity contribution in [2.75, 3.05) is 5.73 Å². The fourth-order valence-corrected chi connectivity index (χ4v) is 1.84.